The Morgan fingerprint density at radius 1 is 1.28 bits per heavy atom. The largest absolute Gasteiger partial charge is 0.506 e. The summed E-state index contributed by atoms with van der Waals surface area (Å²) in [6.45, 7) is 3.70. The van der Waals surface area contributed by atoms with Crippen LogP contribution in [-0.4, -0.2) is 20.1 Å². The minimum Gasteiger partial charge on any atom is -0.506 e. The van der Waals surface area contributed by atoms with E-state index in [0.717, 1.165) is 23.1 Å². The average molecular weight is 525 g/mol. The lowest BCUT2D eigenvalue weighted by Crippen LogP contribution is -1.94. The molecule has 0 amide bonds. The van der Waals surface area contributed by atoms with Gasteiger partial charge < -0.3 is 5.11 Å². The predicted molar refractivity (Wildman–Crippen MR) is 134 cm³/mol. The number of thioether (sulfide) groups is 1. The van der Waals surface area contributed by atoms with Crippen LogP contribution in [0.25, 0.3) is 46.6 Å². The Kier molecular flexibility index (Phi) is 5.58. The second kappa shape index (κ2) is 8.27. The molecule has 0 saturated heterocycles. The van der Waals surface area contributed by atoms with E-state index in [1.165, 1.54) is 23.1 Å². The highest BCUT2D eigenvalue weighted by atomic mass is 35.5. The number of nitrogens with zero attached hydrogens (tertiary/aromatic N) is 2. The Balaban J connectivity index is 1.86. The fourth-order valence-electron chi connectivity index (χ4n) is 3.61. The van der Waals surface area contributed by atoms with Gasteiger partial charge in [0.15, 0.2) is 11.6 Å². The molecule has 5 rings (SSSR count). The molecule has 0 radical (unpaired) electrons. The van der Waals surface area contributed by atoms with Crippen LogP contribution in [-0.2, 0) is 0 Å². The lowest BCUT2D eigenvalue weighted by atomic mass is 10.0. The number of halogens is 3. The van der Waals surface area contributed by atoms with E-state index in [1.807, 2.05) is 6.26 Å². The van der Waals surface area contributed by atoms with Crippen LogP contribution in [0, 0.1) is 5.82 Å². The first kappa shape index (κ1) is 21.6. The summed E-state index contributed by atoms with van der Waals surface area (Å²) < 4.78 is 38.7. The molecular weight excluding hydrogens is 514 g/mol. The van der Waals surface area contributed by atoms with Crippen molar-refractivity contribution in [3.05, 3.63) is 52.6 Å². The maximum atomic E-state index is 15.7. The number of thiophene rings is 2. The molecule has 0 saturated carbocycles. The zero-order chi connectivity index (χ0) is 22.6. The van der Waals surface area contributed by atoms with Crippen LogP contribution in [0.15, 0.2) is 36.2 Å². The highest BCUT2D eigenvalue weighted by Crippen LogP contribution is 2.52. The number of allylic oxidation sites excluding steroid dienone is 2. The summed E-state index contributed by atoms with van der Waals surface area (Å²) in [6.07, 6.45) is 5.18. The zero-order valence-electron chi connectivity index (χ0n) is 16.1. The number of aromatic nitrogens is 2. The smallest absolute Gasteiger partial charge is 0.198 e. The summed E-state index contributed by atoms with van der Waals surface area (Å²) in [7, 11) is 0. The number of phenols is 1. The Bertz CT molecular complexity index is 1570. The van der Waals surface area contributed by atoms with Crippen LogP contribution in [0.3, 0.4) is 0 Å². The van der Waals surface area contributed by atoms with E-state index in [2.05, 4.69) is 20.3 Å². The van der Waals surface area contributed by atoms with Crippen molar-refractivity contribution in [1.82, 2.24) is 8.75 Å². The standard InChI is InChI=1S/C21H11ClF2N2O2S4/c1-3-4-10(29-2)12-14(22)15(23)13(17-16(12)25-32-26-17)11-7-9-18(27)20-8(5-6-30-20)19(28-24)21(9)31-11/h3-7,27H,1H2,2H3/b10-4-. The first-order valence-corrected chi connectivity index (χ1v) is 13.0. The van der Waals surface area contributed by atoms with Crippen LogP contribution < -0.4 is 4.94 Å². The van der Waals surface area contributed by atoms with E-state index >= 15 is 4.39 Å². The first-order valence-electron chi connectivity index (χ1n) is 8.96. The Hall–Kier alpha value is -2.24. The summed E-state index contributed by atoms with van der Waals surface area (Å²) in [5.74, 6) is -0.691. The van der Waals surface area contributed by atoms with Crippen LogP contribution in [0.2, 0.25) is 5.02 Å². The quantitative estimate of drug-likeness (QED) is 0.234. The Labute approximate surface area is 201 Å². The maximum Gasteiger partial charge on any atom is 0.198 e. The Morgan fingerprint density at radius 3 is 2.78 bits per heavy atom. The summed E-state index contributed by atoms with van der Waals surface area (Å²) in [6, 6.07) is 3.26. The molecule has 0 aliphatic heterocycles. The fourth-order valence-corrected chi connectivity index (χ4v) is 7.18. The van der Waals surface area contributed by atoms with Gasteiger partial charge in [0.25, 0.3) is 0 Å². The van der Waals surface area contributed by atoms with Crippen molar-refractivity contribution in [3.8, 4) is 21.9 Å². The van der Waals surface area contributed by atoms with E-state index in [-0.39, 0.29) is 22.1 Å². The molecule has 3 heterocycles. The third kappa shape index (κ3) is 3.05. The van der Waals surface area contributed by atoms with E-state index < -0.39 is 5.82 Å². The minimum atomic E-state index is -0.665. The van der Waals surface area contributed by atoms with Gasteiger partial charge >= 0.3 is 0 Å². The average Bonchev–Trinajstić information content (AvgIpc) is 3.54. The molecule has 0 bridgehead atoms. The summed E-state index contributed by atoms with van der Waals surface area (Å²) in [5, 5.41) is 13.2. The highest BCUT2D eigenvalue weighted by Gasteiger charge is 2.27. The van der Waals surface area contributed by atoms with Gasteiger partial charge in [0.2, 0.25) is 0 Å². The number of fused-ring (bicyclic) bond motifs is 3. The molecule has 162 valence electrons. The van der Waals surface area contributed by atoms with Gasteiger partial charge in [0.1, 0.15) is 16.8 Å². The van der Waals surface area contributed by atoms with Gasteiger partial charge in [0, 0.05) is 30.6 Å². The normalized spacial score (nSPS) is 12.3. The molecule has 4 nitrogen and oxygen atoms in total. The summed E-state index contributed by atoms with van der Waals surface area (Å²) in [5.41, 5.74) is 1.40. The number of benzene rings is 2. The molecule has 0 aliphatic rings. The number of aromatic hydroxyl groups is 1. The topological polar surface area (TPSA) is 55.2 Å². The highest BCUT2D eigenvalue weighted by molar-refractivity contribution is 8.07. The zero-order valence-corrected chi connectivity index (χ0v) is 20.1. The van der Waals surface area contributed by atoms with Gasteiger partial charge in [-0.25, -0.2) is 4.39 Å². The van der Waals surface area contributed by atoms with E-state index in [0.29, 0.717) is 46.6 Å². The molecular formula is C21H11ClF2N2O2S4. The van der Waals surface area contributed by atoms with Crippen molar-refractivity contribution in [2.45, 2.75) is 0 Å². The maximum absolute atomic E-state index is 15.7. The van der Waals surface area contributed by atoms with Gasteiger partial charge in [-0.15, -0.1) is 34.4 Å². The van der Waals surface area contributed by atoms with Crippen molar-refractivity contribution in [1.29, 1.82) is 0 Å². The SMILES string of the molecule is C=C/C=C(\SC)c1c(Cl)c(F)c(-c2cc3c(O)c4sccc4c(OF)c3s2)c2nsnc12. The summed E-state index contributed by atoms with van der Waals surface area (Å²) >= 11 is 11.2. The fraction of sp³-hybridized carbons (Fsp3) is 0.0476. The number of hydrogen-bond donors (Lipinski definition) is 1. The first-order chi connectivity index (χ1) is 15.5. The van der Waals surface area contributed by atoms with Gasteiger partial charge in [-0.2, -0.15) is 8.75 Å². The van der Waals surface area contributed by atoms with E-state index in [4.69, 9.17) is 11.6 Å². The van der Waals surface area contributed by atoms with Crippen LogP contribution in [0.1, 0.15) is 5.56 Å². The molecule has 0 atom stereocenters. The van der Waals surface area contributed by atoms with Gasteiger partial charge in [-0.1, -0.05) is 24.3 Å². The van der Waals surface area contributed by atoms with Gasteiger partial charge in [-0.3, -0.25) is 4.94 Å². The lowest BCUT2D eigenvalue weighted by Gasteiger charge is -2.11. The second-order valence-corrected chi connectivity index (χ2v) is 10.3. The van der Waals surface area contributed by atoms with Gasteiger partial charge in [0.05, 0.1) is 31.7 Å². The summed E-state index contributed by atoms with van der Waals surface area (Å²) in [4.78, 5) is 5.29. The third-order valence-electron chi connectivity index (χ3n) is 4.97. The van der Waals surface area contributed by atoms with Crippen molar-refractivity contribution < 1.29 is 19.0 Å². The number of hydrogen-bond acceptors (Lipinski definition) is 8. The number of phenolic OH excluding ortho intramolecular Hbond substituents is 1. The minimum absolute atomic E-state index is 0.0114. The molecule has 32 heavy (non-hydrogen) atoms. The molecule has 11 heteroatoms. The van der Waals surface area contributed by atoms with Crippen molar-refractivity contribution >= 4 is 93.9 Å². The van der Waals surface area contributed by atoms with Crippen LogP contribution >= 0.6 is 57.8 Å². The van der Waals surface area contributed by atoms with Crippen molar-refractivity contribution in [3.63, 3.8) is 0 Å². The molecule has 3 aromatic heterocycles. The van der Waals surface area contributed by atoms with E-state index in [9.17, 15) is 9.63 Å². The monoisotopic (exact) mass is 524 g/mol. The van der Waals surface area contributed by atoms with Crippen LogP contribution in [0.4, 0.5) is 8.92 Å². The molecule has 0 unspecified atom stereocenters. The molecule has 0 fully saturated rings. The lowest BCUT2D eigenvalue weighted by molar-refractivity contribution is -0.00212. The van der Waals surface area contributed by atoms with Crippen molar-refractivity contribution in [2.24, 2.45) is 0 Å². The predicted octanol–water partition coefficient (Wildman–Crippen LogP) is 8.44. The van der Waals surface area contributed by atoms with Crippen molar-refractivity contribution in [2.75, 3.05) is 6.26 Å². The molecule has 0 spiro atoms. The molecule has 1 N–H and O–H groups in total. The van der Waals surface area contributed by atoms with Gasteiger partial charge in [-0.05, 0) is 29.8 Å². The Morgan fingerprint density at radius 2 is 2.06 bits per heavy atom. The second-order valence-electron chi connectivity index (χ2n) is 6.58. The molecule has 5 aromatic rings. The van der Waals surface area contributed by atoms with Crippen LogP contribution in [0.5, 0.6) is 11.5 Å². The van der Waals surface area contributed by atoms with E-state index in [1.54, 1.807) is 29.7 Å². The third-order valence-corrected chi connectivity index (χ3v) is 8.71. The number of rotatable bonds is 5. The molecule has 2 aromatic carbocycles. The molecule has 0 aliphatic carbocycles.